The van der Waals surface area contributed by atoms with Gasteiger partial charge in [0.15, 0.2) is 0 Å². The zero-order valence-corrected chi connectivity index (χ0v) is 13.2. The van der Waals surface area contributed by atoms with Gasteiger partial charge in [0.25, 0.3) is 5.91 Å². The number of nitrogens with one attached hydrogen (secondary N) is 1. The van der Waals surface area contributed by atoms with Gasteiger partial charge in [-0.25, -0.2) is 4.98 Å². The number of benzene rings is 1. The largest absolute Gasteiger partial charge is 0.332 e. The van der Waals surface area contributed by atoms with E-state index in [9.17, 15) is 4.79 Å². The highest BCUT2D eigenvalue weighted by molar-refractivity contribution is 5.93. The second-order valence-electron chi connectivity index (χ2n) is 5.95. The van der Waals surface area contributed by atoms with Crippen LogP contribution < -0.4 is 0 Å². The Hall–Kier alpha value is -2.96. The van der Waals surface area contributed by atoms with E-state index in [-0.39, 0.29) is 11.9 Å². The van der Waals surface area contributed by atoms with Crippen LogP contribution in [0.5, 0.6) is 0 Å². The smallest absolute Gasteiger partial charge is 0.272 e. The van der Waals surface area contributed by atoms with Crippen molar-refractivity contribution in [2.45, 2.75) is 25.4 Å². The molecule has 1 atom stereocenters. The molecule has 0 radical (unpaired) electrons. The van der Waals surface area contributed by atoms with Crippen LogP contribution in [0.25, 0.3) is 11.3 Å². The summed E-state index contributed by atoms with van der Waals surface area (Å²) in [6.07, 6.45) is 5.18. The first-order valence-electron chi connectivity index (χ1n) is 8.05. The molecule has 2 aromatic heterocycles. The van der Waals surface area contributed by atoms with E-state index in [4.69, 9.17) is 0 Å². The molecule has 1 unspecified atom stereocenters. The molecule has 24 heavy (non-hydrogen) atoms. The second-order valence-corrected chi connectivity index (χ2v) is 5.95. The molecule has 7 heteroatoms. The maximum Gasteiger partial charge on any atom is 0.272 e. The van der Waals surface area contributed by atoms with Crippen LogP contribution in [-0.4, -0.2) is 48.4 Å². The minimum atomic E-state index is -0.00713. The van der Waals surface area contributed by atoms with Crippen molar-refractivity contribution >= 4 is 5.91 Å². The molecule has 3 heterocycles. The minimum absolute atomic E-state index is 0.00713. The van der Waals surface area contributed by atoms with Crippen LogP contribution in [0.15, 0.2) is 49.1 Å². The van der Waals surface area contributed by atoms with Crippen LogP contribution in [0.2, 0.25) is 0 Å². The number of hydrogen-bond acceptors (Lipinski definition) is 4. The summed E-state index contributed by atoms with van der Waals surface area (Å²) in [5.74, 6) is -0.00713. The average Bonchev–Trinajstić information content (AvgIpc) is 3.37. The van der Waals surface area contributed by atoms with E-state index < -0.39 is 0 Å². The molecule has 1 saturated heterocycles. The number of amides is 1. The SMILES string of the molecule is O=C(c1cc(-c2ccccc2)n[nH]1)N1CCCC1Cn1cncn1. The highest BCUT2D eigenvalue weighted by Gasteiger charge is 2.30. The fourth-order valence-corrected chi connectivity index (χ4v) is 3.18. The Balaban J connectivity index is 1.52. The number of rotatable bonds is 4. The lowest BCUT2D eigenvalue weighted by Gasteiger charge is -2.23. The van der Waals surface area contributed by atoms with E-state index in [1.54, 1.807) is 11.0 Å². The summed E-state index contributed by atoms with van der Waals surface area (Å²) < 4.78 is 1.78. The maximum atomic E-state index is 12.8. The number of H-pyrrole nitrogens is 1. The molecule has 0 bridgehead atoms. The number of aromatic nitrogens is 5. The molecule has 1 amide bonds. The standard InChI is InChI=1S/C17H18N6O/c24-17(16-9-15(20-21-16)13-5-2-1-3-6-13)23-8-4-7-14(23)10-22-12-18-11-19-22/h1-3,5-6,9,11-12,14H,4,7-8,10H2,(H,20,21). The Morgan fingerprint density at radius 2 is 2.17 bits per heavy atom. The van der Waals surface area contributed by atoms with Crippen molar-refractivity contribution < 1.29 is 4.79 Å². The molecule has 122 valence electrons. The monoisotopic (exact) mass is 322 g/mol. The van der Waals surface area contributed by atoms with Gasteiger partial charge in [0.2, 0.25) is 0 Å². The van der Waals surface area contributed by atoms with E-state index in [1.165, 1.54) is 6.33 Å². The van der Waals surface area contributed by atoms with Crippen LogP contribution in [0.1, 0.15) is 23.3 Å². The molecule has 1 aliphatic rings. The predicted molar refractivity (Wildman–Crippen MR) is 88.1 cm³/mol. The highest BCUT2D eigenvalue weighted by atomic mass is 16.2. The molecule has 7 nitrogen and oxygen atoms in total. The fraction of sp³-hybridized carbons (Fsp3) is 0.294. The summed E-state index contributed by atoms with van der Waals surface area (Å²) in [5, 5.41) is 11.3. The van der Waals surface area contributed by atoms with Crippen LogP contribution in [-0.2, 0) is 6.54 Å². The van der Waals surface area contributed by atoms with Gasteiger partial charge in [0, 0.05) is 12.1 Å². The number of aromatic amines is 1. The fourth-order valence-electron chi connectivity index (χ4n) is 3.18. The second kappa shape index (κ2) is 6.27. The van der Waals surface area contributed by atoms with E-state index in [1.807, 2.05) is 41.3 Å². The van der Waals surface area contributed by atoms with Gasteiger partial charge in [0.05, 0.1) is 18.3 Å². The average molecular weight is 322 g/mol. The van der Waals surface area contributed by atoms with Gasteiger partial charge in [0.1, 0.15) is 18.3 Å². The summed E-state index contributed by atoms with van der Waals surface area (Å²) in [6.45, 7) is 1.43. The molecular formula is C17H18N6O. The van der Waals surface area contributed by atoms with Crippen LogP contribution in [0.4, 0.5) is 0 Å². The summed E-state index contributed by atoms with van der Waals surface area (Å²) in [7, 11) is 0. The maximum absolute atomic E-state index is 12.8. The third kappa shape index (κ3) is 2.80. The molecule has 0 aliphatic carbocycles. The lowest BCUT2D eigenvalue weighted by molar-refractivity contribution is 0.0715. The van der Waals surface area contributed by atoms with Crippen molar-refractivity contribution in [1.29, 1.82) is 0 Å². The molecule has 4 rings (SSSR count). The van der Waals surface area contributed by atoms with Crippen molar-refractivity contribution in [3.05, 3.63) is 54.7 Å². The van der Waals surface area contributed by atoms with Crippen molar-refractivity contribution in [1.82, 2.24) is 29.9 Å². The Morgan fingerprint density at radius 1 is 1.29 bits per heavy atom. The molecular weight excluding hydrogens is 304 g/mol. The predicted octanol–water partition coefficient (Wildman–Crippen LogP) is 1.97. The first-order chi connectivity index (χ1) is 11.8. The zero-order chi connectivity index (χ0) is 16.4. The Morgan fingerprint density at radius 3 is 2.96 bits per heavy atom. The third-order valence-electron chi connectivity index (χ3n) is 4.38. The Kier molecular flexibility index (Phi) is 3.82. The third-order valence-corrected chi connectivity index (χ3v) is 4.38. The van der Waals surface area contributed by atoms with E-state index in [0.29, 0.717) is 12.2 Å². The lowest BCUT2D eigenvalue weighted by atomic mass is 10.1. The molecule has 1 aliphatic heterocycles. The van der Waals surface area contributed by atoms with Gasteiger partial charge in [-0.05, 0) is 18.9 Å². The highest BCUT2D eigenvalue weighted by Crippen LogP contribution is 2.23. The number of hydrogen-bond donors (Lipinski definition) is 1. The van der Waals surface area contributed by atoms with Crippen LogP contribution in [0.3, 0.4) is 0 Å². The first kappa shape index (κ1) is 14.6. The Labute approximate surface area is 139 Å². The molecule has 1 aromatic carbocycles. The summed E-state index contributed by atoms with van der Waals surface area (Å²) >= 11 is 0. The van der Waals surface area contributed by atoms with Gasteiger partial charge < -0.3 is 4.90 Å². The number of likely N-dealkylation sites (tertiary alicyclic amines) is 1. The quantitative estimate of drug-likeness (QED) is 0.796. The van der Waals surface area contributed by atoms with Gasteiger partial charge in [-0.2, -0.15) is 10.2 Å². The topological polar surface area (TPSA) is 79.7 Å². The van der Waals surface area contributed by atoms with Crippen LogP contribution in [0, 0.1) is 0 Å². The van der Waals surface area contributed by atoms with Crippen molar-refractivity contribution in [3.63, 3.8) is 0 Å². The van der Waals surface area contributed by atoms with Crippen molar-refractivity contribution in [3.8, 4) is 11.3 Å². The first-order valence-corrected chi connectivity index (χ1v) is 8.05. The lowest BCUT2D eigenvalue weighted by Crippen LogP contribution is -2.38. The number of carbonyl (C=O) groups is 1. The zero-order valence-electron chi connectivity index (χ0n) is 13.2. The summed E-state index contributed by atoms with van der Waals surface area (Å²) in [5.41, 5.74) is 2.30. The molecule has 1 N–H and O–H groups in total. The summed E-state index contributed by atoms with van der Waals surface area (Å²) in [4.78, 5) is 18.7. The Bertz CT molecular complexity index is 811. The molecule has 3 aromatic rings. The summed E-state index contributed by atoms with van der Waals surface area (Å²) in [6, 6.07) is 11.8. The van der Waals surface area contributed by atoms with Gasteiger partial charge in [-0.3, -0.25) is 14.6 Å². The normalized spacial score (nSPS) is 17.3. The van der Waals surface area contributed by atoms with Gasteiger partial charge in [-0.15, -0.1) is 0 Å². The minimum Gasteiger partial charge on any atom is -0.332 e. The molecule has 1 fully saturated rings. The molecule has 0 saturated carbocycles. The van der Waals surface area contributed by atoms with Gasteiger partial charge in [-0.1, -0.05) is 30.3 Å². The van der Waals surface area contributed by atoms with E-state index >= 15 is 0 Å². The molecule has 0 spiro atoms. The number of carbonyl (C=O) groups excluding carboxylic acids is 1. The van der Waals surface area contributed by atoms with Gasteiger partial charge >= 0.3 is 0 Å². The van der Waals surface area contributed by atoms with Crippen LogP contribution >= 0.6 is 0 Å². The van der Waals surface area contributed by atoms with Crippen molar-refractivity contribution in [2.75, 3.05) is 6.54 Å². The van der Waals surface area contributed by atoms with E-state index in [0.717, 1.165) is 30.6 Å². The number of nitrogens with zero attached hydrogens (tertiary/aromatic N) is 5. The van der Waals surface area contributed by atoms with Crippen molar-refractivity contribution in [2.24, 2.45) is 0 Å². The van der Waals surface area contributed by atoms with E-state index in [2.05, 4.69) is 20.3 Å².